The minimum atomic E-state index is -4.69. The number of carbonyl (C=O) groups excluding carboxylic acids is 2. The van der Waals surface area contributed by atoms with Crippen LogP contribution in [0.25, 0.3) is 33.3 Å². The van der Waals surface area contributed by atoms with Gasteiger partial charge in [-0.15, -0.1) is 0 Å². The number of amides is 2. The summed E-state index contributed by atoms with van der Waals surface area (Å²) >= 11 is 0. The minimum Gasteiger partial charge on any atom is -0.467 e. The van der Waals surface area contributed by atoms with Gasteiger partial charge < -0.3 is 14.5 Å². The van der Waals surface area contributed by atoms with Gasteiger partial charge in [0.1, 0.15) is 6.33 Å². The molecule has 3 heterocycles. The summed E-state index contributed by atoms with van der Waals surface area (Å²) in [5.41, 5.74) is 1.19. The molecule has 39 heavy (non-hydrogen) atoms. The first kappa shape index (κ1) is 26.0. The van der Waals surface area contributed by atoms with E-state index in [4.69, 9.17) is 4.74 Å². The van der Waals surface area contributed by atoms with Crippen LogP contribution in [0.3, 0.4) is 0 Å². The summed E-state index contributed by atoms with van der Waals surface area (Å²) in [7, 11) is 1.45. The van der Waals surface area contributed by atoms with E-state index in [2.05, 4.69) is 19.9 Å². The summed E-state index contributed by atoms with van der Waals surface area (Å²) in [6, 6.07) is 8.73. The van der Waals surface area contributed by atoms with Gasteiger partial charge in [-0.3, -0.25) is 9.59 Å². The van der Waals surface area contributed by atoms with Gasteiger partial charge in [-0.25, -0.2) is 19.9 Å². The number of alkyl halides is 3. The van der Waals surface area contributed by atoms with Crippen LogP contribution in [0, 0.1) is 0 Å². The Morgan fingerprint density at radius 3 is 2.18 bits per heavy atom. The zero-order valence-corrected chi connectivity index (χ0v) is 21.1. The number of nitrogens with zero attached hydrogens (tertiary/aromatic N) is 6. The van der Waals surface area contributed by atoms with E-state index in [0.29, 0.717) is 35.1 Å². The highest BCUT2D eigenvalue weighted by atomic mass is 19.4. The molecule has 12 heteroatoms. The van der Waals surface area contributed by atoms with Crippen LogP contribution >= 0.6 is 0 Å². The van der Waals surface area contributed by atoms with Crippen LogP contribution in [-0.4, -0.2) is 74.8 Å². The van der Waals surface area contributed by atoms with E-state index < -0.39 is 17.6 Å². The van der Waals surface area contributed by atoms with E-state index in [9.17, 15) is 22.8 Å². The SMILES string of the molecule is COc1ncc(-c2ccc3ncnc(-c4cc(C(=O)N5CCN(C(C)=O)CC5)cc(C(F)(F)F)c4)c3c2)cn1. The molecule has 2 amide bonds. The fraction of sp³-hybridized carbons (Fsp3) is 0.259. The van der Waals surface area contributed by atoms with Gasteiger partial charge in [-0.1, -0.05) is 6.07 Å². The molecule has 0 bridgehead atoms. The van der Waals surface area contributed by atoms with Crippen LogP contribution in [0.2, 0.25) is 0 Å². The maximum atomic E-state index is 13.9. The zero-order chi connectivity index (χ0) is 27.7. The summed E-state index contributed by atoms with van der Waals surface area (Å²) in [6.45, 7) is 2.54. The van der Waals surface area contributed by atoms with Crippen LogP contribution in [0.5, 0.6) is 6.01 Å². The monoisotopic (exact) mass is 536 g/mol. The summed E-state index contributed by atoms with van der Waals surface area (Å²) in [6.07, 6.45) is -0.268. The number of benzene rings is 2. The third-order valence-corrected chi connectivity index (χ3v) is 6.57. The molecule has 0 unspecified atom stereocenters. The van der Waals surface area contributed by atoms with E-state index in [-0.39, 0.29) is 41.8 Å². The molecule has 1 aliphatic rings. The summed E-state index contributed by atoms with van der Waals surface area (Å²) in [5.74, 6) is -0.653. The first-order chi connectivity index (χ1) is 18.6. The lowest BCUT2D eigenvalue weighted by Crippen LogP contribution is -2.50. The predicted molar refractivity (Wildman–Crippen MR) is 136 cm³/mol. The smallest absolute Gasteiger partial charge is 0.416 e. The number of halogens is 3. The van der Waals surface area contributed by atoms with Gasteiger partial charge in [-0.05, 0) is 35.9 Å². The number of methoxy groups -OCH3 is 1. The minimum absolute atomic E-state index is 0.109. The van der Waals surface area contributed by atoms with Crippen molar-refractivity contribution in [3.05, 3.63) is 66.2 Å². The van der Waals surface area contributed by atoms with Crippen molar-refractivity contribution in [3.8, 4) is 28.4 Å². The van der Waals surface area contributed by atoms with Crippen molar-refractivity contribution in [2.75, 3.05) is 33.3 Å². The second kappa shape index (κ2) is 10.3. The van der Waals surface area contributed by atoms with Crippen molar-refractivity contribution in [1.82, 2.24) is 29.7 Å². The average Bonchev–Trinajstić information content (AvgIpc) is 2.95. The predicted octanol–water partition coefficient (Wildman–Crippen LogP) is 4.09. The third kappa shape index (κ3) is 5.35. The molecule has 1 aliphatic heterocycles. The van der Waals surface area contributed by atoms with E-state index in [1.807, 2.05) is 0 Å². The summed E-state index contributed by atoms with van der Waals surface area (Å²) in [4.78, 5) is 44.8. The second-order valence-electron chi connectivity index (χ2n) is 9.01. The summed E-state index contributed by atoms with van der Waals surface area (Å²) < 4.78 is 46.8. The Kier molecular flexibility index (Phi) is 6.85. The molecule has 9 nitrogen and oxygen atoms in total. The number of hydrogen-bond donors (Lipinski definition) is 0. The first-order valence-electron chi connectivity index (χ1n) is 12.0. The normalized spacial score (nSPS) is 14.0. The van der Waals surface area contributed by atoms with Gasteiger partial charge in [0, 0.05) is 67.6 Å². The molecule has 200 valence electrons. The molecule has 2 aromatic heterocycles. The highest BCUT2D eigenvalue weighted by molar-refractivity contribution is 5.99. The molecule has 2 aromatic carbocycles. The van der Waals surface area contributed by atoms with Crippen LogP contribution in [0.4, 0.5) is 13.2 Å². The lowest BCUT2D eigenvalue weighted by molar-refractivity contribution is -0.137. The first-order valence-corrected chi connectivity index (χ1v) is 12.0. The fourth-order valence-corrected chi connectivity index (χ4v) is 4.50. The van der Waals surface area contributed by atoms with Gasteiger partial charge in [0.15, 0.2) is 0 Å². The molecule has 5 rings (SSSR count). The van der Waals surface area contributed by atoms with Crippen LogP contribution < -0.4 is 4.74 Å². The molecule has 4 aromatic rings. The van der Waals surface area contributed by atoms with Crippen LogP contribution in [0.1, 0.15) is 22.8 Å². The summed E-state index contributed by atoms with van der Waals surface area (Å²) in [5, 5.41) is 0.499. The molecule has 0 aliphatic carbocycles. The zero-order valence-electron chi connectivity index (χ0n) is 21.1. The third-order valence-electron chi connectivity index (χ3n) is 6.57. The number of hydrogen-bond acceptors (Lipinski definition) is 7. The molecular formula is C27H23F3N6O3. The van der Waals surface area contributed by atoms with Gasteiger partial charge >= 0.3 is 12.2 Å². The molecule has 0 radical (unpaired) electrons. The molecule has 1 fully saturated rings. The molecular weight excluding hydrogens is 513 g/mol. The standard InChI is InChI=1S/C27H23F3N6O3/c1-16(37)35-5-7-36(8-6-35)25(38)19-9-18(10-21(11-19)27(28,29)30)24-22-12-17(3-4-23(22)33-15-34-24)20-13-31-26(39-2)32-14-20/h3-4,9-15H,5-8H2,1-2H3. The van der Waals surface area contributed by atoms with E-state index in [1.165, 1.54) is 31.3 Å². The van der Waals surface area contributed by atoms with Crippen molar-refractivity contribution in [2.45, 2.75) is 13.1 Å². The van der Waals surface area contributed by atoms with Crippen LogP contribution in [-0.2, 0) is 11.0 Å². The Morgan fingerprint density at radius 2 is 1.54 bits per heavy atom. The van der Waals surface area contributed by atoms with Crippen molar-refractivity contribution < 1.29 is 27.5 Å². The lowest BCUT2D eigenvalue weighted by atomic mass is 9.98. The van der Waals surface area contributed by atoms with E-state index >= 15 is 0 Å². The van der Waals surface area contributed by atoms with Crippen molar-refractivity contribution >= 4 is 22.7 Å². The molecule has 0 saturated carbocycles. The number of rotatable bonds is 4. The Hall–Kier alpha value is -4.61. The number of fused-ring (bicyclic) bond motifs is 1. The van der Waals surface area contributed by atoms with Crippen molar-refractivity contribution in [1.29, 1.82) is 0 Å². The highest BCUT2D eigenvalue weighted by Gasteiger charge is 2.33. The van der Waals surface area contributed by atoms with Gasteiger partial charge in [-0.2, -0.15) is 13.2 Å². The number of carbonyl (C=O) groups is 2. The maximum absolute atomic E-state index is 13.9. The molecule has 1 saturated heterocycles. The quantitative estimate of drug-likeness (QED) is 0.387. The van der Waals surface area contributed by atoms with Crippen molar-refractivity contribution in [3.63, 3.8) is 0 Å². The lowest BCUT2D eigenvalue weighted by Gasteiger charge is -2.34. The Bertz CT molecular complexity index is 1550. The average molecular weight is 537 g/mol. The highest BCUT2D eigenvalue weighted by Crippen LogP contribution is 2.36. The number of piperazine rings is 1. The Morgan fingerprint density at radius 1 is 0.846 bits per heavy atom. The maximum Gasteiger partial charge on any atom is 0.416 e. The largest absolute Gasteiger partial charge is 0.467 e. The molecule has 0 N–H and O–H groups in total. The second-order valence-corrected chi connectivity index (χ2v) is 9.01. The number of aromatic nitrogens is 4. The van der Waals surface area contributed by atoms with Crippen LogP contribution in [0.15, 0.2) is 55.1 Å². The number of ether oxygens (including phenoxy) is 1. The van der Waals surface area contributed by atoms with Gasteiger partial charge in [0.2, 0.25) is 5.91 Å². The Labute approximate surface area is 221 Å². The van der Waals surface area contributed by atoms with Gasteiger partial charge in [0.05, 0.1) is 23.9 Å². The molecule has 0 atom stereocenters. The van der Waals surface area contributed by atoms with Gasteiger partial charge in [0.25, 0.3) is 5.91 Å². The topological polar surface area (TPSA) is 101 Å². The fourth-order valence-electron chi connectivity index (χ4n) is 4.50. The van der Waals surface area contributed by atoms with E-state index in [0.717, 1.165) is 12.1 Å². The van der Waals surface area contributed by atoms with Crippen molar-refractivity contribution in [2.24, 2.45) is 0 Å². The molecule has 0 spiro atoms. The van der Waals surface area contributed by atoms with E-state index in [1.54, 1.807) is 35.5 Å². The Balaban J connectivity index is 1.57.